The van der Waals surface area contributed by atoms with E-state index < -0.39 is 6.10 Å². The molecule has 6 heteroatoms. The summed E-state index contributed by atoms with van der Waals surface area (Å²) in [4.78, 5) is 38.2. The molecule has 0 spiro atoms. The van der Waals surface area contributed by atoms with Gasteiger partial charge >= 0.3 is 17.9 Å². The molecule has 0 aliphatic rings. The van der Waals surface area contributed by atoms with E-state index in [1.54, 1.807) is 0 Å². The number of rotatable bonds is 62. The lowest BCUT2D eigenvalue weighted by Crippen LogP contribution is -2.30. The summed E-state index contributed by atoms with van der Waals surface area (Å²) in [5.74, 6) is -0.929. The Bertz CT molecular complexity index is 1560. The van der Waals surface area contributed by atoms with Gasteiger partial charge < -0.3 is 14.2 Å². The van der Waals surface area contributed by atoms with Crippen LogP contribution in [0.4, 0.5) is 0 Å². The molecule has 0 saturated heterocycles. The number of esters is 3. The third-order valence-electron chi connectivity index (χ3n) is 14.8. The number of carbonyl (C=O) groups excluding carboxylic acids is 3. The Labute approximate surface area is 496 Å². The van der Waals surface area contributed by atoms with Gasteiger partial charge in [-0.3, -0.25) is 14.4 Å². The Morgan fingerprint density at radius 2 is 0.487 bits per heavy atom. The van der Waals surface area contributed by atoms with Crippen molar-refractivity contribution in [2.45, 2.75) is 341 Å². The fraction of sp³-hybridized carbons (Fsp3) is 0.743. The molecule has 0 amide bonds. The van der Waals surface area contributed by atoms with Gasteiger partial charge in [0, 0.05) is 19.3 Å². The summed E-state index contributed by atoms with van der Waals surface area (Å²) in [6.07, 6.45) is 91.8. The zero-order valence-electron chi connectivity index (χ0n) is 52.8. The van der Waals surface area contributed by atoms with E-state index in [4.69, 9.17) is 14.2 Å². The number of unbranched alkanes of at least 4 members (excludes halogenated alkanes) is 35. The van der Waals surface area contributed by atoms with E-state index in [9.17, 15) is 14.4 Å². The van der Waals surface area contributed by atoms with Crippen LogP contribution in [-0.2, 0) is 28.6 Å². The smallest absolute Gasteiger partial charge is 0.306 e. The highest BCUT2D eigenvalue weighted by Gasteiger charge is 2.19. The summed E-state index contributed by atoms with van der Waals surface area (Å²) >= 11 is 0. The number of hydrogen-bond acceptors (Lipinski definition) is 6. The maximum absolute atomic E-state index is 12.9. The number of carbonyl (C=O) groups is 3. The van der Waals surface area contributed by atoms with Crippen molar-refractivity contribution in [1.82, 2.24) is 0 Å². The first-order valence-electron chi connectivity index (χ1n) is 34.2. The van der Waals surface area contributed by atoms with Crippen LogP contribution in [0, 0.1) is 0 Å². The normalized spacial score (nSPS) is 12.7. The fourth-order valence-corrected chi connectivity index (χ4v) is 9.71. The summed E-state index contributed by atoms with van der Waals surface area (Å²) in [7, 11) is 0. The summed E-state index contributed by atoms with van der Waals surface area (Å²) in [5.41, 5.74) is 0. The predicted molar refractivity (Wildman–Crippen MR) is 348 cm³/mol. The molecule has 1 atom stereocenters. The van der Waals surface area contributed by atoms with E-state index >= 15 is 0 Å². The minimum atomic E-state index is -0.798. The lowest BCUT2D eigenvalue weighted by Gasteiger charge is -2.18. The van der Waals surface area contributed by atoms with Gasteiger partial charge in [0.25, 0.3) is 0 Å². The zero-order valence-corrected chi connectivity index (χ0v) is 52.8. The monoisotopic (exact) mass is 1110 g/mol. The summed E-state index contributed by atoms with van der Waals surface area (Å²) in [6, 6.07) is 0. The van der Waals surface area contributed by atoms with Gasteiger partial charge in [0.2, 0.25) is 0 Å². The molecule has 0 saturated carbocycles. The lowest BCUT2D eigenvalue weighted by molar-refractivity contribution is -0.167. The lowest BCUT2D eigenvalue weighted by atomic mass is 10.0. The molecule has 0 radical (unpaired) electrons. The van der Waals surface area contributed by atoms with Crippen molar-refractivity contribution in [3.63, 3.8) is 0 Å². The number of allylic oxidation sites excluding steroid dienone is 16. The van der Waals surface area contributed by atoms with Crippen LogP contribution in [0.15, 0.2) is 97.2 Å². The summed E-state index contributed by atoms with van der Waals surface area (Å²) < 4.78 is 16.8. The highest BCUT2D eigenvalue weighted by molar-refractivity contribution is 5.71. The molecular weight excluding hydrogens is 985 g/mol. The Balaban J connectivity index is 4.11. The molecule has 460 valence electrons. The molecule has 0 aromatic rings. The maximum atomic E-state index is 12.9. The minimum Gasteiger partial charge on any atom is -0.462 e. The van der Waals surface area contributed by atoms with Crippen LogP contribution in [0.5, 0.6) is 0 Å². The maximum Gasteiger partial charge on any atom is 0.306 e. The van der Waals surface area contributed by atoms with Crippen LogP contribution in [0.1, 0.15) is 335 Å². The van der Waals surface area contributed by atoms with Gasteiger partial charge in [0.15, 0.2) is 6.10 Å². The molecule has 0 aromatic carbocycles. The van der Waals surface area contributed by atoms with E-state index in [1.165, 1.54) is 193 Å². The molecule has 1 unspecified atom stereocenters. The van der Waals surface area contributed by atoms with Crippen LogP contribution in [0.3, 0.4) is 0 Å². The molecular formula is C74H128O6. The van der Waals surface area contributed by atoms with Crippen LogP contribution < -0.4 is 0 Å². The number of hydrogen-bond donors (Lipinski definition) is 0. The molecule has 0 rings (SSSR count). The molecule has 80 heavy (non-hydrogen) atoms. The van der Waals surface area contributed by atoms with Crippen molar-refractivity contribution in [1.29, 1.82) is 0 Å². The van der Waals surface area contributed by atoms with Crippen LogP contribution >= 0.6 is 0 Å². The van der Waals surface area contributed by atoms with Crippen molar-refractivity contribution in [3.05, 3.63) is 97.2 Å². The third-order valence-corrected chi connectivity index (χ3v) is 14.8. The molecule has 0 aromatic heterocycles. The second-order valence-corrected chi connectivity index (χ2v) is 22.7. The van der Waals surface area contributed by atoms with E-state index in [0.29, 0.717) is 19.3 Å². The van der Waals surface area contributed by atoms with Crippen LogP contribution in [-0.4, -0.2) is 37.2 Å². The van der Waals surface area contributed by atoms with Gasteiger partial charge in [-0.1, -0.05) is 311 Å². The average molecular weight is 1110 g/mol. The van der Waals surface area contributed by atoms with Crippen LogP contribution in [0.2, 0.25) is 0 Å². The van der Waals surface area contributed by atoms with Gasteiger partial charge in [0.1, 0.15) is 13.2 Å². The van der Waals surface area contributed by atoms with E-state index in [2.05, 4.69) is 118 Å². The van der Waals surface area contributed by atoms with Gasteiger partial charge in [-0.15, -0.1) is 0 Å². The summed E-state index contributed by atoms with van der Waals surface area (Å²) in [5, 5.41) is 0. The Morgan fingerprint density at radius 3 is 0.787 bits per heavy atom. The first kappa shape index (κ1) is 76.3. The minimum absolute atomic E-state index is 0.0919. The molecule has 6 nitrogen and oxygen atoms in total. The van der Waals surface area contributed by atoms with Gasteiger partial charge in [-0.25, -0.2) is 0 Å². The quantitative estimate of drug-likeness (QED) is 0.0261. The molecule has 0 aliphatic carbocycles. The molecule has 0 heterocycles. The zero-order chi connectivity index (χ0) is 57.8. The van der Waals surface area contributed by atoms with E-state index in [0.717, 1.165) is 96.3 Å². The van der Waals surface area contributed by atoms with E-state index in [1.807, 2.05) is 0 Å². The Kier molecular flexibility index (Phi) is 64.7. The topological polar surface area (TPSA) is 78.9 Å². The third kappa shape index (κ3) is 65.1. The number of ether oxygens (including phenoxy) is 3. The van der Waals surface area contributed by atoms with Gasteiger partial charge in [-0.05, 0) is 103 Å². The van der Waals surface area contributed by atoms with E-state index in [-0.39, 0.29) is 37.5 Å². The van der Waals surface area contributed by atoms with Gasteiger partial charge in [-0.2, -0.15) is 0 Å². The largest absolute Gasteiger partial charge is 0.462 e. The molecule has 0 fully saturated rings. The SMILES string of the molecule is CC/C=C\C/C=C\C/C=C\C/C=C\C/C=C\C/C=C\CCCCC(=O)OC(COC(=O)CCCCCCCCCC)COC(=O)CCCCCCCCCCCCCCCCCCCCCCC/C=C\C/C=C\CCCCCCC. The first-order chi connectivity index (χ1) is 39.5. The Morgan fingerprint density at radius 1 is 0.263 bits per heavy atom. The van der Waals surface area contributed by atoms with Crippen molar-refractivity contribution in [2.24, 2.45) is 0 Å². The fourth-order valence-electron chi connectivity index (χ4n) is 9.71. The van der Waals surface area contributed by atoms with Crippen molar-refractivity contribution >= 4 is 17.9 Å². The van der Waals surface area contributed by atoms with Crippen LogP contribution in [0.25, 0.3) is 0 Å². The predicted octanol–water partition coefficient (Wildman–Crippen LogP) is 23.6. The van der Waals surface area contributed by atoms with Crippen molar-refractivity contribution < 1.29 is 28.6 Å². The second kappa shape index (κ2) is 67.8. The molecule has 0 N–H and O–H groups in total. The summed E-state index contributed by atoms with van der Waals surface area (Å²) in [6.45, 7) is 6.48. The van der Waals surface area contributed by atoms with Crippen molar-refractivity contribution in [3.8, 4) is 0 Å². The average Bonchev–Trinajstić information content (AvgIpc) is 3.46. The van der Waals surface area contributed by atoms with Gasteiger partial charge in [0.05, 0.1) is 0 Å². The highest BCUT2D eigenvalue weighted by atomic mass is 16.6. The molecule has 0 bridgehead atoms. The molecule has 0 aliphatic heterocycles. The van der Waals surface area contributed by atoms with Crippen molar-refractivity contribution in [2.75, 3.05) is 13.2 Å². The highest BCUT2D eigenvalue weighted by Crippen LogP contribution is 2.17. The standard InChI is InChI=1S/C74H128O6/c1-4-7-10-13-16-19-21-23-25-27-29-31-32-33-34-35-36-37-38-39-40-41-42-44-45-47-49-51-53-55-58-61-64-67-73(76)79-70-71(69-78-72(75)66-63-60-57-18-15-12-9-6-3)80-74(77)68-65-62-59-56-54-52-50-48-46-43-30-28-26-24-22-20-17-14-11-8-5-2/h8,11,17,20-21,23-24,26-27,29-30,43,48,50,54,56,71H,4-7,9-10,12-16,18-19,22,25,28,31-42,44-47,49,51-53,55,57-70H2,1-3H3/b11-8-,20-17-,23-21-,26-24-,29-27-,43-30-,50-48-,56-54-. The first-order valence-corrected chi connectivity index (χ1v) is 34.2. The second-order valence-electron chi connectivity index (χ2n) is 22.7. The Hall–Kier alpha value is -3.67.